The van der Waals surface area contributed by atoms with Crippen molar-refractivity contribution in [3.05, 3.63) is 76.4 Å². The van der Waals surface area contributed by atoms with Gasteiger partial charge < -0.3 is 14.3 Å². The van der Waals surface area contributed by atoms with Crippen LogP contribution in [0.25, 0.3) is 17.0 Å². The van der Waals surface area contributed by atoms with E-state index < -0.39 is 0 Å². The zero-order chi connectivity index (χ0) is 16.9. The molecular formula is C19H18N2O3. The smallest absolute Gasteiger partial charge is 0.294 e. The lowest BCUT2D eigenvalue weighted by atomic mass is 10.1. The van der Waals surface area contributed by atoms with Crippen molar-refractivity contribution >= 4 is 23.0 Å². The molecule has 1 amide bonds. The summed E-state index contributed by atoms with van der Waals surface area (Å²) < 4.78 is 6.72. The highest BCUT2D eigenvalue weighted by atomic mass is 16.3. The molecule has 0 fully saturated rings. The first-order valence-electron chi connectivity index (χ1n) is 7.73. The van der Waals surface area contributed by atoms with Crippen LogP contribution in [0, 0.1) is 0 Å². The molecule has 0 aliphatic heterocycles. The highest BCUT2D eigenvalue weighted by Crippen LogP contribution is 2.09. The predicted octanol–water partition coefficient (Wildman–Crippen LogP) is 2.81. The minimum absolute atomic E-state index is 0.147. The van der Waals surface area contributed by atoms with E-state index in [1.54, 1.807) is 19.2 Å². The Balaban J connectivity index is 1.61. The molecule has 5 nitrogen and oxygen atoms in total. The van der Waals surface area contributed by atoms with Crippen LogP contribution in [0.2, 0.25) is 0 Å². The summed E-state index contributed by atoms with van der Waals surface area (Å²) in [4.78, 5) is 24.3. The summed E-state index contributed by atoms with van der Waals surface area (Å²) in [6, 6.07) is 13.2. The molecule has 122 valence electrons. The second-order valence-electron chi connectivity index (χ2n) is 5.51. The molecule has 1 N–H and O–H groups in total. The van der Waals surface area contributed by atoms with Gasteiger partial charge in [0.1, 0.15) is 0 Å². The normalized spacial score (nSPS) is 11.6. The maximum Gasteiger partial charge on any atom is 0.294 e. The molecule has 1 aromatic carbocycles. The van der Waals surface area contributed by atoms with E-state index >= 15 is 0 Å². The van der Waals surface area contributed by atoms with E-state index in [-0.39, 0.29) is 11.5 Å². The number of amides is 1. The van der Waals surface area contributed by atoms with Gasteiger partial charge in [-0.05, 0) is 30.7 Å². The van der Waals surface area contributed by atoms with Gasteiger partial charge >= 0.3 is 0 Å². The number of aromatic nitrogens is 1. The summed E-state index contributed by atoms with van der Waals surface area (Å²) in [5, 5.41) is 3.60. The van der Waals surface area contributed by atoms with Gasteiger partial charge in [-0.2, -0.15) is 0 Å². The van der Waals surface area contributed by atoms with Crippen molar-refractivity contribution in [3.8, 4) is 0 Å². The maximum absolute atomic E-state index is 12.2. The van der Waals surface area contributed by atoms with E-state index in [0.29, 0.717) is 24.2 Å². The number of rotatable bonds is 5. The molecule has 0 saturated carbocycles. The fourth-order valence-corrected chi connectivity index (χ4v) is 2.46. The van der Waals surface area contributed by atoms with Crippen molar-refractivity contribution in [1.82, 2.24) is 9.88 Å². The molecule has 0 radical (unpaired) electrons. The van der Waals surface area contributed by atoms with Crippen molar-refractivity contribution in [1.29, 1.82) is 0 Å². The van der Waals surface area contributed by atoms with E-state index in [1.165, 1.54) is 10.8 Å². The molecule has 0 aliphatic carbocycles. The Morgan fingerprint density at radius 3 is 2.79 bits per heavy atom. The Labute approximate surface area is 139 Å². The first-order valence-corrected chi connectivity index (χ1v) is 7.73. The predicted molar refractivity (Wildman–Crippen MR) is 93.6 cm³/mol. The molecule has 0 spiro atoms. The molecule has 3 rings (SSSR count). The number of carbonyl (C=O) groups is 1. The quantitative estimate of drug-likeness (QED) is 0.735. The Kier molecular flexibility index (Phi) is 4.61. The summed E-state index contributed by atoms with van der Waals surface area (Å²) >= 11 is 0. The Morgan fingerprint density at radius 1 is 1.21 bits per heavy atom. The zero-order valence-corrected chi connectivity index (χ0v) is 13.4. The molecule has 2 heterocycles. The van der Waals surface area contributed by atoms with Crippen LogP contribution in [0.4, 0.5) is 0 Å². The van der Waals surface area contributed by atoms with Crippen LogP contribution < -0.4 is 10.9 Å². The van der Waals surface area contributed by atoms with E-state index in [2.05, 4.69) is 5.32 Å². The number of furan rings is 1. The first kappa shape index (κ1) is 15.8. The van der Waals surface area contributed by atoms with Crippen molar-refractivity contribution in [2.45, 2.75) is 13.5 Å². The third kappa shape index (κ3) is 3.46. The molecule has 2 aromatic heterocycles. The van der Waals surface area contributed by atoms with Crippen LogP contribution in [0.3, 0.4) is 0 Å². The van der Waals surface area contributed by atoms with Crippen molar-refractivity contribution < 1.29 is 9.21 Å². The number of nitrogens with one attached hydrogen (secondary N) is 1. The van der Waals surface area contributed by atoms with Gasteiger partial charge in [0.2, 0.25) is 5.91 Å². The number of nitrogens with zero attached hydrogens (tertiary/aromatic N) is 1. The molecule has 0 unspecified atom stereocenters. The molecule has 24 heavy (non-hydrogen) atoms. The number of hydrogen-bond donors (Lipinski definition) is 1. The van der Waals surface area contributed by atoms with Crippen molar-refractivity contribution in [2.75, 3.05) is 6.54 Å². The fraction of sp³-hybridized carbons (Fsp3) is 0.158. The van der Waals surface area contributed by atoms with E-state index in [4.69, 9.17) is 4.42 Å². The van der Waals surface area contributed by atoms with Gasteiger partial charge in [0, 0.05) is 30.2 Å². The molecule has 0 saturated heterocycles. The number of hydrogen-bond acceptors (Lipinski definition) is 3. The number of carbonyl (C=O) groups excluding carboxylic acids is 1. The number of benzene rings is 1. The average molecular weight is 322 g/mol. The summed E-state index contributed by atoms with van der Waals surface area (Å²) in [5.74, 6) is -0.147. The molecule has 0 bridgehead atoms. The SMILES string of the molecule is C/C(=C\c1ccccc1)C(=O)NCCn1ccc2ccoc2c1=O. The topological polar surface area (TPSA) is 64.2 Å². The van der Waals surface area contributed by atoms with Crippen LogP contribution in [-0.2, 0) is 11.3 Å². The van der Waals surface area contributed by atoms with Crippen LogP contribution in [0.15, 0.2) is 69.7 Å². The zero-order valence-electron chi connectivity index (χ0n) is 13.4. The second kappa shape index (κ2) is 7.00. The Morgan fingerprint density at radius 2 is 2.00 bits per heavy atom. The van der Waals surface area contributed by atoms with Crippen LogP contribution in [-0.4, -0.2) is 17.0 Å². The van der Waals surface area contributed by atoms with Gasteiger partial charge in [-0.25, -0.2) is 0 Å². The highest BCUT2D eigenvalue weighted by molar-refractivity contribution is 5.97. The molecule has 5 heteroatoms. The molecule has 3 aromatic rings. The summed E-state index contributed by atoms with van der Waals surface area (Å²) in [5.41, 5.74) is 1.74. The van der Waals surface area contributed by atoms with Crippen molar-refractivity contribution in [3.63, 3.8) is 0 Å². The highest BCUT2D eigenvalue weighted by Gasteiger charge is 2.07. The molecular weight excluding hydrogens is 304 g/mol. The maximum atomic E-state index is 12.2. The number of fused-ring (bicyclic) bond motifs is 1. The van der Waals surface area contributed by atoms with Gasteiger partial charge in [0.15, 0.2) is 5.58 Å². The van der Waals surface area contributed by atoms with Crippen molar-refractivity contribution in [2.24, 2.45) is 0 Å². The summed E-state index contributed by atoms with van der Waals surface area (Å²) in [6.45, 7) is 2.52. The van der Waals surface area contributed by atoms with E-state index in [0.717, 1.165) is 10.9 Å². The van der Waals surface area contributed by atoms with Crippen LogP contribution in [0.1, 0.15) is 12.5 Å². The Hall–Kier alpha value is -3.08. The van der Waals surface area contributed by atoms with Gasteiger partial charge in [0.05, 0.1) is 6.26 Å². The summed E-state index contributed by atoms with van der Waals surface area (Å²) in [6.07, 6.45) is 5.03. The minimum atomic E-state index is -0.191. The standard InChI is InChI=1S/C19H18N2O3/c1-14(13-15-5-3-2-4-6-15)18(22)20-9-11-21-10-7-16-8-12-24-17(16)19(21)23/h2-8,10,12-13H,9,11H2,1H3,(H,20,22)/b14-13+. The third-order valence-corrected chi connectivity index (χ3v) is 3.76. The van der Waals surface area contributed by atoms with Crippen LogP contribution in [0.5, 0.6) is 0 Å². The second-order valence-corrected chi connectivity index (χ2v) is 5.51. The number of pyridine rings is 1. The summed E-state index contributed by atoms with van der Waals surface area (Å²) in [7, 11) is 0. The van der Waals surface area contributed by atoms with Gasteiger partial charge in [-0.15, -0.1) is 0 Å². The monoisotopic (exact) mass is 322 g/mol. The van der Waals surface area contributed by atoms with E-state index in [1.807, 2.05) is 42.5 Å². The average Bonchev–Trinajstić information content (AvgIpc) is 3.07. The fourth-order valence-electron chi connectivity index (χ4n) is 2.46. The third-order valence-electron chi connectivity index (χ3n) is 3.76. The van der Waals surface area contributed by atoms with Crippen LogP contribution >= 0.6 is 0 Å². The van der Waals surface area contributed by atoms with Gasteiger partial charge in [0.25, 0.3) is 5.56 Å². The lowest BCUT2D eigenvalue weighted by Crippen LogP contribution is -2.30. The van der Waals surface area contributed by atoms with E-state index in [9.17, 15) is 9.59 Å². The molecule has 0 aliphatic rings. The minimum Gasteiger partial charge on any atom is -0.459 e. The van der Waals surface area contributed by atoms with Gasteiger partial charge in [-0.1, -0.05) is 30.3 Å². The lowest BCUT2D eigenvalue weighted by Gasteiger charge is -2.08. The lowest BCUT2D eigenvalue weighted by molar-refractivity contribution is -0.117. The molecule has 0 atom stereocenters. The first-order chi connectivity index (χ1) is 11.6. The van der Waals surface area contributed by atoms with Gasteiger partial charge in [-0.3, -0.25) is 9.59 Å². The Bertz CT molecular complexity index is 936. The largest absolute Gasteiger partial charge is 0.459 e.